The summed E-state index contributed by atoms with van der Waals surface area (Å²) in [5, 5.41) is 18.3. The van der Waals surface area contributed by atoms with Gasteiger partial charge >= 0.3 is 5.97 Å². The van der Waals surface area contributed by atoms with Gasteiger partial charge in [-0.25, -0.2) is 4.79 Å². The van der Waals surface area contributed by atoms with Gasteiger partial charge in [-0.05, 0) is 38.5 Å². The lowest BCUT2D eigenvalue weighted by molar-refractivity contribution is -0.156. The van der Waals surface area contributed by atoms with Gasteiger partial charge in [0.25, 0.3) is 0 Å². The lowest BCUT2D eigenvalue weighted by Gasteiger charge is -2.34. The molecule has 1 amide bonds. The van der Waals surface area contributed by atoms with Gasteiger partial charge in [0.1, 0.15) is 11.3 Å². The number of carboxylic acid groups (broad SMARTS) is 1. The molecular weight excluding hydrogens is 246 g/mol. The van der Waals surface area contributed by atoms with E-state index in [1.165, 1.54) is 30.9 Å². The number of phenolic OH excluding ortho intramolecular Hbond substituents is 1. The number of nitrogens with zero attached hydrogens (tertiary/aromatic N) is 1. The highest BCUT2D eigenvalue weighted by molar-refractivity contribution is 5.87. The van der Waals surface area contributed by atoms with E-state index in [0.29, 0.717) is 6.54 Å². The SMILES string of the molecule is CCN(C(=O)Cc1ccc(O)cc1)C(C)(C)C(=O)O. The van der Waals surface area contributed by atoms with Gasteiger partial charge in [0, 0.05) is 6.54 Å². The van der Waals surface area contributed by atoms with E-state index in [0.717, 1.165) is 5.56 Å². The van der Waals surface area contributed by atoms with E-state index in [1.807, 2.05) is 0 Å². The number of benzene rings is 1. The molecule has 0 atom stereocenters. The van der Waals surface area contributed by atoms with E-state index in [9.17, 15) is 14.7 Å². The van der Waals surface area contributed by atoms with Gasteiger partial charge in [-0.15, -0.1) is 0 Å². The maximum atomic E-state index is 12.2. The number of rotatable bonds is 5. The Labute approximate surface area is 112 Å². The molecule has 0 radical (unpaired) electrons. The predicted octanol–water partition coefficient (Wildman–Crippen LogP) is 1.65. The number of carbonyl (C=O) groups excluding carboxylic acids is 1. The maximum Gasteiger partial charge on any atom is 0.329 e. The summed E-state index contributed by atoms with van der Waals surface area (Å²) in [5.41, 5.74) is -0.495. The molecule has 0 fully saturated rings. The molecular formula is C14H19NO4. The summed E-state index contributed by atoms with van der Waals surface area (Å²) in [6, 6.07) is 6.30. The summed E-state index contributed by atoms with van der Waals surface area (Å²) < 4.78 is 0. The van der Waals surface area contributed by atoms with Crippen molar-refractivity contribution in [2.24, 2.45) is 0 Å². The summed E-state index contributed by atoms with van der Waals surface area (Å²) >= 11 is 0. The maximum absolute atomic E-state index is 12.2. The number of carbonyl (C=O) groups is 2. The first-order valence-electron chi connectivity index (χ1n) is 6.10. The minimum Gasteiger partial charge on any atom is -0.508 e. The summed E-state index contributed by atoms with van der Waals surface area (Å²) in [7, 11) is 0. The van der Waals surface area contributed by atoms with Crippen LogP contribution >= 0.6 is 0 Å². The Bertz CT molecular complexity index is 465. The molecule has 0 aliphatic carbocycles. The molecule has 1 aromatic rings. The molecule has 0 unspecified atom stereocenters. The Balaban J connectivity index is 2.86. The van der Waals surface area contributed by atoms with E-state index in [4.69, 9.17) is 5.11 Å². The first-order chi connectivity index (χ1) is 8.78. The van der Waals surface area contributed by atoms with Crippen LogP contribution < -0.4 is 0 Å². The number of carboxylic acids is 1. The molecule has 0 spiro atoms. The van der Waals surface area contributed by atoms with Crippen molar-refractivity contribution in [2.75, 3.05) is 6.54 Å². The van der Waals surface area contributed by atoms with Crippen LogP contribution in [-0.4, -0.2) is 39.1 Å². The fourth-order valence-electron chi connectivity index (χ4n) is 1.88. The quantitative estimate of drug-likeness (QED) is 0.848. The summed E-state index contributed by atoms with van der Waals surface area (Å²) in [6.07, 6.45) is 0.116. The topological polar surface area (TPSA) is 77.8 Å². The average Bonchev–Trinajstić information content (AvgIpc) is 2.32. The first-order valence-corrected chi connectivity index (χ1v) is 6.10. The number of phenols is 1. The number of likely N-dealkylation sites (N-methyl/N-ethyl adjacent to an activating group) is 1. The number of aromatic hydroxyl groups is 1. The molecule has 0 bridgehead atoms. The van der Waals surface area contributed by atoms with Crippen LogP contribution in [0.25, 0.3) is 0 Å². The van der Waals surface area contributed by atoms with Gasteiger partial charge in [-0.2, -0.15) is 0 Å². The molecule has 0 saturated carbocycles. The zero-order valence-corrected chi connectivity index (χ0v) is 11.4. The zero-order chi connectivity index (χ0) is 14.6. The number of hydrogen-bond acceptors (Lipinski definition) is 3. The predicted molar refractivity (Wildman–Crippen MR) is 70.9 cm³/mol. The second-order valence-corrected chi connectivity index (χ2v) is 4.85. The van der Waals surface area contributed by atoms with E-state index >= 15 is 0 Å². The molecule has 2 N–H and O–H groups in total. The molecule has 19 heavy (non-hydrogen) atoms. The van der Waals surface area contributed by atoms with Crippen molar-refractivity contribution in [1.29, 1.82) is 0 Å². The molecule has 0 aliphatic heterocycles. The van der Waals surface area contributed by atoms with Crippen molar-refractivity contribution in [3.63, 3.8) is 0 Å². The third-order valence-electron chi connectivity index (χ3n) is 3.11. The van der Waals surface area contributed by atoms with Crippen molar-refractivity contribution < 1.29 is 19.8 Å². The lowest BCUT2D eigenvalue weighted by atomic mass is 10.0. The first kappa shape index (κ1) is 15.0. The number of aliphatic carboxylic acids is 1. The Kier molecular flexibility index (Phi) is 4.53. The van der Waals surface area contributed by atoms with E-state index in [-0.39, 0.29) is 18.1 Å². The smallest absolute Gasteiger partial charge is 0.329 e. The molecule has 0 aliphatic rings. The Hall–Kier alpha value is -2.04. The standard InChI is InChI=1S/C14H19NO4/c1-4-15(14(2,3)13(18)19)12(17)9-10-5-7-11(16)8-6-10/h5-8,16H,4,9H2,1-3H3,(H,18,19). The Morgan fingerprint density at radius 3 is 2.16 bits per heavy atom. The van der Waals surface area contributed by atoms with Crippen LogP contribution in [0, 0.1) is 0 Å². The lowest BCUT2D eigenvalue weighted by Crippen LogP contribution is -2.53. The van der Waals surface area contributed by atoms with Gasteiger partial charge in [-0.3, -0.25) is 4.79 Å². The van der Waals surface area contributed by atoms with Crippen molar-refractivity contribution in [3.8, 4) is 5.75 Å². The monoisotopic (exact) mass is 265 g/mol. The Morgan fingerprint density at radius 2 is 1.74 bits per heavy atom. The fourth-order valence-corrected chi connectivity index (χ4v) is 1.88. The van der Waals surface area contributed by atoms with E-state index < -0.39 is 11.5 Å². The van der Waals surface area contributed by atoms with Gasteiger partial charge in [0.15, 0.2) is 0 Å². The van der Waals surface area contributed by atoms with Gasteiger partial charge in [-0.1, -0.05) is 12.1 Å². The van der Waals surface area contributed by atoms with Gasteiger partial charge in [0.05, 0.1) is 6.42 Å². The highest BCUT2D eigenvalue weighted by Gasteiger charge is 2.36. The highest BCUT2D eigenvalue weighted by atomic mass is 16.4. The third kappa shape index (κ3) is 3.47. The second kappa shape index (κ2) is 5.73. The molecule has 5 nitrogen and oxygen atoms in total. The molecule has 5 heteroatoms. The highest BCUT2D eigenvalue weighted by Crippen LogP contribution is 2.17. The molecule has 104 valence electrons. The summed E-state index contributed by atoms with van der Waals surface area (Å²) in [4.78, 5) is 24.7. The van der Waals surface area contributed by atoms with Gasteiger partial charge < -0.3 is 15.1 Å². The fraction of sp³-hybridized carbons (Fsp3) is 0.429. The number of hydrogen-bond donors (Lipinski definition) is 2. The van der Waals surface area contributed by atoms with Crippen molar-refractivity contribution in [1.82, 2.24) is 4.90 Å². The zero-order valence-electron chi connectivity index (χ0n) is 11.4. The van der Waals surface area contributed by atoms with Crippen LogP contribution in [0.3, 0.4) is 0 Å². The molecule has 1 aromatic carbocycles. The molecule has 1 rings (SSSR count). The largest absolute Gasteiger partial charge is 0.508 e. The molecule has 0 saturated heterocycles. The second-order valence-electron chi connectivity index (χ2n) is 4.85. The van der Waals surface area contributed by atoms with Crippen molar-refractivity contribution in [2.45, 2.75) is 32.7 Å². The van der Waals surface area contributed by atoms with Crippen LogP contribution in [0.4, 0.5) is 0 Å². The van der Waals surface area contributed by atoms with Crippen molar-refractivity contribution >= 4 is 11.9 Å². The average molecular weight is 265 g/mol. The van der Waals surface area contributed by atoms with Crippen LogP contribution in [0.2, 0.25) is 0 Å². The van der Waals surface area contributed by atoms with Gasteiger partial charge in [0.2, 0.25) is 5.91 Å². The third-order valence-corrected chi connectivity index (χ3v) is 3.11. The molecule has 0 heterocycles. The minimum atomic E-state index is -1.23. The van der Waals surface area contributed by atoms with E-state index in [1.54, 1.807) is 19.1 Å². The minimum absolute atomic E-state index is 0.116. The summed E-state index contributed by atoms with van der Waals surface area (Å²) in [5.74, 6) is -1.15. The molecule has 0 aromatic heterocycles. The summed E-state index contributed by atoms with van der Waals surface area (Å²) in [6.45, 7) is 5.09. The van der Waals surface area contributed by atoms with Crippen LogP contribution in [0.5, 0.6) is 5.75 Å². The number of amides is 1. The van der Waals surface area contributed by atoms with Crippen LogP contribution in [0.15, 0.2) is 24.3 Å². The van der Waals surface area contributed by atoms with Crippen molar-refractivity contribution in [3.05, 3.63) is 29.8 Å². The van der Waals surface area contributed by atoms with E-state index in [2.05, 4.69) is 0 Å². The van der Waals surface area contributed by atoms with Crippen LogP contribution in [0.1, 0.15) is 26.3 Å². The Morgan fingerprint density at radius 1 is 1.21 bits per heavy atom. The van der Waals surface area contributed by atoms with Crippen LogP contribution in [-0.2, 0) is 16.0 Å². The normalized spacial score (nSPS) is 11.1.